The second-order valence-corrected chi connectivity index (χ2v) is 10.4. The Labute approximate surface area is 227 Å². The van der Waals surface area contributed by atoms with Crippen LogP contribution in [0.25, 0.3) is 16.9 Å². The molecule has 180 valence electrons. The molecule has 1 N–H and O–H groups in total. The van der Waals surface area contributed by atoms with Crippen LogP contribution >= 0.6 is 46.6 Å². The van der Waals surface area contributed by atoms with Crippen LogP contribution in [0.5, 0.6) is 0 Å². The standard InChI is InChI=1S/C26H18Cl3N5OS/c27-19-9-6-16(7-10-19)24-18(15-34(33-24)21-4-2-1-3-5-21)14-30-32-26-31-25(35)23(36-26)12-17-8-11-20(28)13-22(17)29/h1-11,13-15,23H,12H2,(H,31,32,35)/b30-14+. The number of rotatable bonds is 6. The van der Waals surface area contributed by atoms with Crippen LogP contribution in [0.1, 0.15) is 11.1 Å². The first-order valence-corrected chi connectivity index (χ1v) is 12.9. The fourth-order valence-electron chi connectivity index (χ4n) is 3.64. The minimum Gasteiger partial charge on any atom is -0.303 e. The van der Waals surface area contributed by atoms with Gasteiger partial charge in [0.2, 0.25) is 5.91 Å². The summed E-state index contributed by atoms with van der Waals surface area (Å²) in [4.78, 5) is 12.5. The summed E-state index contributed by atoms with van der Waals surface area (Å²) >= 11 is 19.6. The number of amides is 1. The molecule has 4 aromatic rings. The molecule has 1 atom stereocenters. The number of hydrogen-bond donors (Lipinski definition) is 1. The number of carbonyl (C=O) groups excluding carboxylic acids is 1. The number of carbonyl (C=O) groups is 1. The van der Waals surface area contributed by atoms with E-state index in [2.05, 4.69) is 15.5 Å². The van der Waals surface area contributed by atoms with Crippen molar-refractivity contribution in [1.29, 1.82) is 0 Å². The topological polar surface area (TPSA) is 71.6 Å². The Balaban J connectivity index is 1.37. The van der Waals surface area contributed by atoms with E-state index in [9.17, 15) is 4.79 Å². The van der Waals surface area contributed by atoms with Gasteiger partial charge < -0.3 is 5.32 Å². The molecule has 3 aromatic carbocycles. The molecule has 5 rings (SSSR count). The van der Waals surface area contributed by atoms with Gasteiger partial charge in [0.25, 0.3) is 0 Å². The molecule has 0 saturated carbocycles. The fraction of sp³-hybridized carbons (Fsp3) is 0.0769. The third-order valence-electron chi connectivity index (χ3n) is 5.42. The van der Waals surface area contributed by atoms with E-state index in [4.69, 9.17) is 39.9 Å². The number of thioether (sulfide) groups is 1. The first-order valence-electron chi connectivity index (χ1n) is 10.9. The Morgan fingerprint density at radius 1 is 1.00 bits per heavy atom. The number of halogens is 3. The number of aromatic nitrogens is 2. The lowest BCUT2D eigenvalue weighted by Crippen LogP contribution is -2.26. The van der Waals surface area contributed by atoms with E-state index in [1.807, 2.05) is 66.9 Å². The minimum atomic E-state index is -0.358. The smallest absolute Gasteiger partial charge is 0.239 e. The second kappa shape index (κ2) is 10.9. The highest BCUT2D eigenvalue weighted by Crippen LogP contribution is 2.29. The van der Waals surface area contributed by atoms with Crippen LogP contribution in [0.3, 0.4) is 0 Å². The maximum atomic E-state index is 12.5. The van der Waals surface area contributed by atoms with Gasteiger partial charge in [-0.15, -0.1) is 5.10 Å². The average Bonchev–Trinajstić information content (AvgIpc) is 3.45. The van der Waals surface area contributed by atoms with Crippen molar-refractivity contribution in [3.63, 3.8) is 0 Å². The van der Waals surface area contributed by atoms with Crippen molar-refractivity contribution >= 4 is 63.9 Å². The number of para-hydroxylation sites is 1. The molecule has 1 aliphatic heterocycles. The number of hydrogen-bond acceptors (Lipinski definition) is 5. The third kappa shape index (κ3) is 5.65. The molecular weight excluding hydrogens is 537 g/mol. The lowest BCUT2D eigenvalue weighted by molar-refractivity contribution is -0.118. The molecule has 1 fully saturated rings. The molecule has 1 aromatic heterocycles. The Morgan fingerprint density at radius 2 is 1.75 bits per heavy atom. The van der Waals surface area contributed by atoms with Crippen LogP contribution in [-0.2, 0) is 11.2 Å². The summed E-state index contributed by atoms with van der Waals surface area (Å²) in [5.41, 5.74) is 4.16. The summed E-state index contributed by atoms with van der Waals surface area (Å²) in [5, 5.41) is 17.8. The second-order valence-electron chi connectivity index (χ2n) is 7.91. The van der Waals surface area contributed by atoms with E-state index in [1.165, 1.54) is 11.8 Å². The van der Waals surface area contributed by atoms with Gasteiger partial charge in [0.05, 0.1) is 17.2 Å². The predicted octanol–water partition coefficient (Wildman–Crippen LogP) is 6.66. The number of nitrogens with zero attached hydrogens (tertiary/aromatic N) is 4. The van der Waals surface area contributed by atoms with E-state index < -0.39 is 0 Å². The average molecular weight is 555 g/mol. The molecular formula is C26H18Cl3N5OS. The molecule has 0 aliphatic carbocycles. The van der Waals surface area contributed by atoms with Gasteiger partial charge in [-0.05, 0) is 48.4 Å². The zero-order valence-electron chi connectivity index (χ0n) is 18.6. The van der Waals surface area contributed by atoms with Crippen LogP contribution in [0.4, 0.5) is 0 Å². The molecule has 1 aliphatic rings. The Morgan fingerprint density at radius 3 is 2.50 bits per heavy atom. The van der Waals surface area contributed by atoms with Crippen molar-refractivity contribution < 1.29 is 4.79 Å². The summed E-state index contributed by atoms with van der Waals surface area (Å²) in [6.45, 7) is 0. The van der Waals surface area contributed by atoms with Crippen LogP contribution in [0, 0.1) is 0 Å². The summed E-state index contributed by atoms with van der Waals surface area (Å²) in [7, 11) is 0. The molecule has 2 heterocycles. The van der Waals surface area contributed by atoms with Gasteiger partial charge in [-0.1, -0.05) is 83.0 Å². The van der Waals surface area contributed by atoms with E-state index in [-0.39, 0.29) is 11.2 Å². The molecule has 1 amide bonds. The lowest BCUT2D eigenvalue weighted by atomic mass is 10.1. The van der Waals surface area contributed by atoms with Gasteiger partial charge in [0.15, 0.2) is 5.17 Å². The summed E-state index contributed by atoms with van der Waals surface area (Å²) in [6.07, 6.45) is 3.97. The number of benzene rings is 3. The first kappa shape index (κ1) is 24.6. The Bertz CT molecular complexity index is 1470. The highest BCUT2D eigenvalue weighted by atomic mass is 35.5. The molecule has 36 heavy (non-hydrogen) atoms. The Hall–Kier alpha value is -3.10. The minimum absolute atomic E-state index is 0.140. The van der Waals surface area contributed by atoms with Crippen molar-refractivity contribution in [2.45, 2.75) is 11.7 Å². The van der Waals surface area contributed by atoms with Crippen molar-refractivity contribution in [1.82, 2.24) is 15.1 Å². The van der Waals surface area contributed by atoms with Gasteiger partial charge in [-0.25, -0.2) is 4.68 Å². The van der Waals surface area contributed by atoms with Gasteiger partial charge in [-0.3, -0.25) is 4.79 Å². The SMILES string of the molecule is O=C1N/C(=N\N=C\c2cn(-c3ccccc3)nc2-c2ccc(Cl)cc2)SC1Cc1ccc(Cl)cc1Cl. The lowest BCUT2D eigenvalue weighted by Gasteiger charge is -2.07. The summed E-state index contributed by atoms with van der Waals surface area (Å²) in [6, 6.07) is 22.5. The number of nitrogens with one attached hydrogen (secondary N) is 1. The predicted molar refractivity (Wildman–Crippen MR) is 149 cm³/mol. The maximum absolute atomic E-state index is 12.5. The van der Waals surface area contributed by atoms with Crippen molar-refractivity contribution in [2.24, 2.45) is 10.2 Å². The Kier molecular flexibility index (Phi) is 7.43. The fourth-order valence-corrected chi connectivity index (χ4v) is 5.21. The summed E-state index contributed by atoms with van der Waals surface area (Å²) in [5.74, 6) is -0.140. The van der Waals surface area contributed by atoms with E-state index in [1.54, 1.807) is 23.0 Å². The van der Waals surface area contributed by atoms with Gasteiger partial charge in [0.1, 0.15) is 5.69 Å². The highest BCUT2D eigenvalue weighted by molar-refractivity contribution is 8.15. The molecule has 1 unspecified atom stereocenters. The highest BCUT2D eigenvalue weighted by Gasteiger charge is 2.31. The summed E-state index contributed by atoms with van der Waals surface area (Å²) < 4.78 is 1.79. The molecule has 10 heteroatoms. The third-order valence-corrected chi connectivity index (χ3v) is 7.33. The van der Waals surface area contributed by atoms with E-state index in [0.717, 1.165) is 28.1 Å². The normalized spacial score (nSPS) is 16.7. The maximum Gasteiger partial charge on any atom is 0.239 e. The molecule has 6 nitrogen and oxygen atoms in total. The number of amidine groups is 1. The molecule has 0 spiro atoms. The van der Waals surface area contributed by atoms with Crippen LogP contribution in [0.15, 0.2) is 89.2 Å². The van der Waals surface area contributed by atoms with Crippen LogP contribution in [-0.4, -0.2) is 32.3 Å². The molecule has 0 bridgehead atoms. The van der Waals surface area contributed by atoms with Crippen molar-refractivity contribution in [2.75, 3.05) is 0 Å². The quantitative estimate of drug-likeness (QED) is 0.214. The molecule has 1 saturated heterocycles. The largest absolute Gasteiger partial charge is 0.303 e. The van der Waals surface area contributed by atoms with Crippen molar-refractivity contribution in [3.8, 4) is 16.9 Å². The van der Waals surface area contributed by atoms with E-state index >= 15 is 0 Å². The van der Waals surface area contributed by atoms with Gasteiger partial charge in [0, 0.05) is 32.4 Å². The van der Waals surface area contributed by atoms with Gasteiger partial charge in [-0.2, -0.15) is 10.2 Å². The zero-order chi connectivity index (χ0) is 25.1. The molecule has 0 radical (unpaired) electrons. The zero-order valence-corrected chi connectivity index (χ0v) is 21.7. The van der Waals surface area contributed by atoms with Gasteiger partial charge >= 0.3 is 0 Å². The monoisotopic (exact) mass is 553 g/mol. The van der Waals surface area contributed by atoms with Crippen LogP contribution in [0.2, 0.25) is 15.1 Å². The van der Waals surface area contributed by atoms with E-state index in [0.29, 0.717) is 26.7 Å². The van der Waals surface area contributed by atoms with Crippen LogP contribution < -0.4 is 5.32 Å². The first-order chi connectivity index (χ1) is 17.5. The van der Waals surface area contributed by atoms with Crippen molar-refractivity contribution in [3.05, 3.63) is 105 Å².